The average Bonchev–Trinajstić information content (AvgIpc) is 3.41. The molecule has 0 radical (unpaired) electrons. The van der Waals surface area contributed by atoms with Crippen LogP contribution in [0.15, 0.2) is 53.4 Å². The second-order valence-electron chi connectivity index (χ2n) is 9.72. The Labute approximate surface area is 219 Å². The fraction of sp³-hybridized carbons (Fsp3) is 0.481. The maximum Gasteiger partial charge on any atom is 0.243 e. The van der Waals surface area contributed by atoms with E-state index in [-0.39, 0.29) is 23.1 Å². The number of benzene rings is 2. The Morgan fingerprint density at radius 2 is 1.56 bits per heavy atom. The van der Waals surface area contributed by atoms with Crippen LogP contribution >= 0.6 is 11.6 Å². The Morgan fingerprint density at radius 1 is 0.972 bits per heavy atom. The zero-order chi connectivity index (χ0) is 26.3. The lowest BCUT2D eigenvalue weighted by molar-refractivity contribution is -0.140. The van der Waals surface area contributed by atoms with E-state index in [2.05, 4.69) is 5.32 Å². The number of halogens is 1. The summed E-state index contributed by atoms with van der Waals surface area (Å²) < 4.78 is 27.0. The molecule has 1 heterocycles. The molecule has 0 spiro atoms. The molecule has 1 aliphatic heterocycles. The average molecular weight is 534 g/mol. The molecule has 1 aliphatic rings. The number of carbonyl (C=O) groups is 2. The third-order valence-electron chi connectivity index (χ3n) is 6.37. The van der Waals surface area contributed by atoms with Crippen molar-refractivity contribution < 1.29 is 18.0 Å². The van der Waals surface area contributed by atoms with Gasteiger partial charge in [-0.3, -0.25) is 9.59 Å². The SMILES string of the molecule is CC(C)CNC(=O)[C@@H](C)N(Cc1ccc(Cl)cc1)C(=O)CCc1ccc(S(=O)(=O)N2CCCC2)cc1. The van der Waals surface area contributed by atoms with Gasteiger partial charge < -0.3 is 10.2 Å². The molecule has 9 heteroatoms. The molecule has 0 saturated carbocycles. The van der Waals surface area contributed by atoms with Crippen molar-refractivity contribution in [3.63, 3.8) is 0 Å². The van der Waals surface area contributed by atoms with E-state index in [1.165, 1.54) is 4.31 Å². The molecular formula is C27H36ClN3O4S. The number of hydrogen-bond donors (Lipinski definition) is 1. The molecule has 196 valence electrons. The van der Waals surface area contributed by atoms with Gasteiger partial charge >= 0.3 is 0 Å². The third-order valence-corrected chi connectivity index (χ3v) is 8.54. The molecule has 36 heavy (non-hydrogen) atoms. The Bertz CT molecular complexity index is 1130. The number of amides is 2. The molecule has 1 fully saturated rings. The highest BCUT2D eigenvalue weighted by atomic mass is 35.5. The maximum atomic E-state index is 13.3. The number of hydrogen-bond acceptors (Lipinski definition) is 4. The molecule has 0 bridgehead atoms. The van der Waals surface area contributed by atoms with E-state index in [9.17, 15) is 18.0 Å². The molecule has 3 rings (SSSR count). The van der Waals surface area contributed by atoms with Crippen molar-refractivity contribution in [2.45, 2.75) is 63.9 Å². The highest BCUT2D eigenvalue weighted by Gasteiger charge is 2.28. The van der Waals surface area contributed by atoms with Gasteiger partial charge in [0.25, 0.3) is 0 Å². The van der Waals surface area contributed by atoms with Crippen LogP contribution in [-0.2, 0) is 32.6 Å². The molecular weight excluding hydrogens is 498 g/mol. The summed E-state index contributed by atoms with van der Waals surface area (Å²) >= 11 is 6.00. The number of rotatable bonds is 11. The molecule has 2 aromatic rings. The van der Waals surface area contributed by atoms with Crippen LogP contribution < -0.4 is 5.32 Å². The van der Waals surface area contributed by atoms with E-state index in [1.54, 1.807) is 48.2 Å². The van der Waals surface area contributed by atoms with Gasteiger partial charge in [-0.2, -0.15) is 4.31 Å². The molecule has 1 saturated heterocycles. The normalized spacial score (nSPS) is 15.1. The molecule has 2 aromatic carbocycles. The van der Waals surface area contributed by atoms with Gasteiger partial charge in [0, 0.05) is 37.6 Å². The molecule has 0 unspecified atom stereocenters. The lowest BCUT2D eigenvalue weighted by Gasteiger charge is -2.29. The van der Waals surface area contributed by atoms with Crippen molar-refractivity contribution in [2.24, 2.45) is 5.92 Å². The topological polar surface area (TPSA) is 86.8 Å². The Balaban J connectivity index is 1.68. The Kier molecular flexibility index (Phi) is 9.93. The number of carbonyl (C=O) groups excluding carboxylic acids is 2. The summed E-state index contributed by atoms with van der Waals surface area (Å²) in [6, 6.07) is 13.3. The van der Waals surface area contributed by atoms with Gasteiger partial charge in [0.15, 0.2) is 0 Å². The van der Waals surface area contributed by atoms with Gasteiger partial charge in [-0.05, 0) is 67.5 Å². The quantitative estimate of drug-likeness (QED) is 0.468. The lowest BCUT2D eigenvalue weighted by Crippen LogP contribution is -2.48. The van der Waals surface area contributed by atoms with Crippen LogP contribution in [0.5, 0.6) is 0 Å². The first-order chi connectivity index (χ1) is 17.1. The van der Waals surface area contributed by atoms with E-state index in [0.29, 0.717) is 43.5 Å². The molecule has 2 amide bonds. The smallest absolute Gasteiger partial charge is 0.243 e. The van der Waals surface area contributed by atoms with E-state index >= 15 is 0 Å². The van der Waals surface area contributed by atoms with Gasteiger partial charge in [-0.25, -0.2) is 8.42 Å². The number of nitrogens with one attached hydrogen (secondary N) is 1. The second kappa shape index (κ2) is 12.7. The van der Waals surface area contributed by atoms with E-state index in [0.717, 1.165) is 24.0 Å². The third kappa shape index (κ3) is 7.54. The summed E-state index contributed by atoms with van der Waals surface area (Å²) in [5, 5.41) is 3.52. The largest absolute Gasteiger partial charge is 0.354 e. The van der Waals surface area contributed by atoms with Gasteiger partial charge in [0.2, 0.25) is 21.8 Å². The molecule has 1 atom stereocenters. The van der Waals surface area contributed by atoms with Crippen molar-refractivity contribution >= 4 is 33.4 Å². The fourth-order valence-corrected chi connectivity index (χ4v) is 5.77. The van der Waals surface area contributed by atoms with E-state index in [1.807, 2.05) is 26.0 Å². The van der Waals surface area contributed by atoms with Crippen molar-refractivity contribution in [3.05, 3.63) is 64.7 Å². The van der Waals surface area contributed by atoms with Gasteiger partial charge in [-0.15, -0.1) is 0 Å². The van der Waals surface area contributed by atoms with Gasteiger partial charge in [-0.1, -0.05) is 49.7 Å². The highest BCUT2D eigenvalue weighted by molar-refractivity contribution is 7.89. The summed E-state index contributed by atoms with van der Waals surface area (Å²) in [6.07, 6.45) is 2.42. The first-order valence-corrected chi connectivity index (χ1v) is 14.3. The summed E-state index contributed by atoms with van der Waals surface area (Å²) in [7, 11) is -3.47. The number of sulfonamides is 1. The zero-order valence-corrected chi connectivity index (χ0v) is 22.8. The van der Waals surface area contributed by atoms with E-state index in [4.69, 9.17) is 11.6 Å². The predicted octanol–water partition coefficient (Wildman–Crippen LogP) is 4.25. The number of nitrogens with zero attached hydrogens (tertiary/aromatic N) is 2. The van der Waals surface area contributed by atoms with Crippen molar-refractivity contribution in [2.75, 3.05) is 19.6 Å². The van der Waals surface area contributed by atoms with Gasteiger partial charge in [0.05, 0.1) is 4.90 Å². The van der Waals surface area contributed by atoms with Crippen LogP contribution in [0, 0.1) is 5.92 Å². The monoisotopic (exact) mass is 533 g/mol. The van der Waals surface area contributed by atoms with Crippen LogP contribution in [0.1, 0.15) is 51.2 Å². The first kappa shape index (κ1) is 28.2. The zero-order valence-electron chi connectivity index (χ0n) is 21.2. The van der Waals surface area contributed by atoms with Crippen molar-refractivity contribution in [1.29, 1.82) is 0 Å². The minimum atomic E-state index is -3.47. The number of aryl methyl sites for hydroxylation is 1. The Hall–Kier alpha value is -2.42. The lowest BCUT2D eigenvalue weighted by atomic mass is 10.1. The minimum Gasteiger partial charge on any atom is -0.354 e. The molecule has 1 N–H and O–H groups in total. The van der Waals surface area contributed by atoms with Crippen LogP contribution in [0.2, 0.25) is 5.02 Å². The second-order valence-corrected chi connectivity index (χ2v) is 12.1. The molecule has 0 aromatic heterocycles. The van der Waals surface area contributed by atoms with Crippen LogP contribution in [-0.4, -0.2) is 55.1 Å². The summed E-state index contributed by atoms with van der Waals surface area (Å²) in [5.74, 6) is -0.0350. The fourth-order valence-electron chi connectivity index (χ4n) is 4.12. The predicted molar refractivity (Wildman–Crippen MR) is 142 cm³/mol. The maximum absolute atomic E-state index is 13.3. The first-order valence-electron chi connectivity index (χ1n) is 12.5. The van der Waals surface area contributed by atoms with E-state index < -0.39 is 16.1 Å². The molecule has 7 nitrogen and oxygen atoms in total. The highest BCUT2D eigenvalue weighted by Crippen LogP contribution is 2.22. The van der Waals surface area contributed by atoms with Crippen LogP contribution in [0.4, 0.5) is 0 Å². The standard InChI is InChI=1S/C27H36ClN3O4S/c1-20(2)18-29-27(33)21(3)31(19-23-6-11-24(28)12-7-23)26(32)15-10-22-8-13-25(14-9-22)36(34,35)30-16-4-5-17-30/h6-9,11-14,20-21H,4-5,10,15-19H2,1-3H3,(H,29,33)/t21-/m1/s1. The Morgan fingerprint density at radius 3 is 2.14 bits per heavy atom. The summed E-state index contributed by atoms with van der Waals surface area (Å²) in [5.41, 5.74) is 1.75. The van der Waals surface area contributed by atoms with Crippen molar-refractivity contribution in [3.8, 4) is 0 Å². The molecule has 0 aliphatic carbocycles. The van der Waals surface area contributed by atoms with Crippen molar-refractivity contribution in [1.82, 2.24) is 14.5 Å². The van der Waals surface area contributed by atoms with Crippen LogP contribution in [0.25, 0.3) is 0 Å². The van der Waals surface area contributed by atoms with Gasteiger partial charge in [0.1, 0.15) is 6.04 Å². The minimum absolute atomic E-state index is 0.147. The summed E-state index contributed by atoms with van der Waals surface area (Å²) in [6.45, 7) is 7.72. The summed E-state index contributed by atoms with van der Waals surface area (Å²) in [4.78, 5) is 27.9. The van der Waals surface area contributed by atoms with Crippen LogP contribution in [0.3, 0.4) is 0 Å².